The Morgan fingerprint density at radius 2 is 1.88 bits per heavy atom. The number of hydrogen-bond acceptors (Lipinski definition) is 4. The van der Waals surface area contributed by atoms with Gasteiger partial charge in [-0.2, -0.15) is 0 Å². The van der Waals surface area contributed by atoms with Crippen LogP contribution in [0.1, 0.15) is 44.9 Å². The average molecular weight is 401 g/mol. The molecule has 26 heavy (non-hydrogen) atoms. The van der Waals surface area contributed by atoms with Gasteiger partial charge in [-0.1, -0.05) is 18.9 Å². The van der Waals surface area contributed by atoms with E-state index in [1.54, 1.807) is 0 Å². The lowest BCUT2D eigenvalue weighted by atomic mass is 9.85. The number of fused-ring (bicyclic) bond motifs is 1. The Morgan fingerprint density at radius 3 is 2.58 bits per heavy atom. The number of nitrogens with one attached hydrogen (secondary N) is 2. The van der Waals surface area contributed by atoms with Crippen molar-refractivity contribution in [2.24, 2.45) is 5.92 Å². The minimum atomic E-state index is 0. The number of aromatic nitrogens is 1. The zero-order valence-corrected chi connectivity index (χ0v) is 16.7. The zero-order valence-electron chi connectivity index (χ0n) is 15.1. The summed E-state index contributed by atoms with van der Waals surface area (Å²) in [5.74, 6) is 1.99. The molecule has 5 nitrogen and oxygen atoms in total. The van der Waals surface area contributed by atoms with Gasteiger partial charge in [0.25, 0.3) is 0 Å². The van der Waals surface area contributed by atoms with Crippen LogP contribution in [0.4, 0.5) is 5.82 Å². The fourth-order valence-corrected chi connectivity index (χ4v) is 4.62. The summed E-state index contributed by atoms with van der Waals surface area (Å²) in [7, 11) is 0. The molecule has 0 bridgehead atoms. The molecule has 1 saturated carbocycles. The number of pyridine rings is 1. The predicted molar refractivity (Wildman–Crippen MR) is 109 cm³/mol. The highest BCUT2D eigenvalue weighted by atomic mass is 35.5. The number of anilines is 1. The lowest BCUT2D eigenvalue weighted by Crippen LogP contribution is -2.50. The Kier molecular flexibility index (Phi) is 7.99. The Labute approximate surface area is 168 Å². The van der Waals surface area contributed by atoms with Gasteiger partial charge in [-0.15, -0.1) is 24.8 Å². The monoisotopic (exact) mass is 400 g/mol. The van der Waals surface area contributed by atoms with Gasteiger partial charge in [-0.3, -0.25) is 4.79 Å². The molecule has 1 aromatic heterocycles. The molecule has 0 spiro atoms. The number of carbonyl (C=O) groups is 1. The van der Waals surface area contributed by atoms with Crippen molar-refractivity contribution in [1.82, 2.24) is 15.6 Å². The number of nitrogens with zero attached hydrogens (tertiary/aromatic N) is 2. The molecule has 3 heterocycles. The smallest absolute Gasteiger partial charge is 0.237 e. The van der Waals surface area contributed by atoms with Crippen LogP contribution in [0.25, 0.3) is 0 Å². The van der Waals surface area contributed by atoms with Crippen LogP contribution in [0.5, 0.6) is 0 Å². The van der Waals surface area contributed by atoms with Crippen molar-refractivity contribution in [1.29, 1.82) is 0 Å². The van der Waals surface area contributed by atoms with Crippen LogP contribution in [0.3, 0.4) is 0 Å². The Bertz CT molecular complexity index is 552. The molecular weight excluding hydrogens is 371 g/mol. The van der Waals surface area contributed by atoms with E-state index in [0.29, 0.717) is 12.1 Å². The van der Waals surface area contributed by atoms with E-state index in [2.05, 4.69) is 26.6 Å². The van der Waals surface area contributed by atoms with Crippen molar-refractivity contribution in [3.05, 3.63) is 24.4 Å². The molecule has 2 aliphatic heterocycles. The molecule has 4 rings (SSSR count). The van der Waals surface area contributed by atoms with Gasteiger partial charge in [0.15, 0.2) is 0 Å². The van der Waals surface area contributed by atoms with Gasteiger partial charge in [-0.25, -0.2) is 4.98 Å². The SMILES string of the molecule is Cl.Cl.O=C(NC1CCN(c2ccccn2)CC1)C1CC2CCCCC2N1. The maximum Gasteiger partial charge on any atom is 0.237 e. The van der Waals surface area contributed by atoms with Gasteiger partial charge < -0.3 is 15.5 Å². The Balaban J connectivity index is 0.00000121. The maximum atomic E-state index is 12.6. The summed E-state index contributed by atoms with van der Waals surface area (Å²) < 4.78 is 0. The normalized spacial score (nSPS) is 28.5. The Hall–Kier alpha value is -1.04. The molecule has 0 aromatic carbocycles. The van der Waals surface area contributed by atoms with E-state index in [-0.39, 0.29) is 36.8 Å². The Morgan fingerprint density at radius 1 is 1.12 bits per heavy atom. The number of hydrogen-bond donors (Lipinski definition) is 2. The van der Waals surface area contributed by atoms with E-state index in [0.717, 1.165) is 44.1 Å². The predicted octanol–water partition coefficient (Wildman–Crippen LogP) is 2.93. The standard InChI is InChI=1S/C19H28N4O.2ClH/c24-19(17-13-14-5-1-2-6-16(14)22-17)21-15-8-11-23(12-9-15)18-7-3-4-10-20-18;;/h3-4,7,10,14-17,22H,1-2,5-6,8-9,11-13H2,(H,21,24);2*1H. The summed E-state index contributed by atoms with van der Waals surface area (Å²) in [6, 6.07) is 6.96. The third-order valence-corrected chi connectivity index (χ3v) is 5.99. The zero-order chi connectivity index (χ0) is 16.4. The van der Waals surface area contributed by atoms with E-state index in [9.17, 15) is 4.79 Å². The lowest BCUT2D eigenvalue weighted by molar-refractivity contribution is -0.123. The number of halogens is 2. The van der Waals surface area contributed by atoms with E-state index < -0.39 is 0 Å². The molecule has 146 valence electrons. The summed E-state index contributed by atoms with van der Waals surface area (Å²) in [6.07, 6.45) is 10.1. The fourth-order valence-electron chi connectivity index (χ4n) is 4.62. The molecule has 3 atom stereocenters. The first-order chi connectivity index (χ1) is 11.8. The van der Waals surface area contributed by atoms with E-state index in [1.807, 2.05) is 18.3 Å². The molecule has 3 unspecified atom stereocenters. The second-order valence-corrected chi connectivity index (χ2v) is 7.56. The molecule has 3 aliphatic rings. The first kappa shape index (κ1) is 21.3. The fraction of sp³-hybridized carbons (Fsp3) is 0.684. The second-order valence-electron chi connectivity index (χ2n) is 7.56. The summed E-state index contributed by atoms with van der Waals surface area (Å²) >= 11 is 0. The third kappa shape index (κ3) is 4.81. The van der Waals surface area contributed by atoms with Gasteiger partial charge in [0.05, 0.1) is 6.04 Å². The second kappa shape index (κ2) is 9.77. The first-order valence-electron chi connectivity index (χ1n) is 9.52. The van der Waals surface area contributed by atoms with Crippen molar-refractivity contribution in [2.45, 2.75) is 63.1 Å². The highest BCUT2D eigenvalue weighted by Crippen LogP contribution is 2.33. The quantitative estimate of drug-likeness (QED) is 0.818. The van der Waals surface area contributed by atoms with E-state index in [1.165, 1.54) is 25.7 Å². The largest absolute Gasteiger partial charge is 0.356 e. The van der Waals surface area contributed by atoms with Crippen LogP contribution < -0.4 is 15.5 Å². The third-order valence-electron chi connectivity index (χ3n) is 5.99. The average Bonchev–Trinajstić information content (AvgIpc) is 3.07. The minimum absolute atomic E-state index is 0. The van der Waals surface area contributed by atoms with Gasteiger partial charge in [-0.05, 0) is 50.2 Å². The van der Waals surface area contributed by atoms with E-state index >= 15 is 0 Å². The summed E-state index contributed by atoms with van der Waals surface area (Å²) in [5.41, 5.74) is 0. The number of piperidine rings is 1. The van der Waals surface area contributed by atoms with Crippen LogP contribution in [-0.4, -0.2) is 42.1 Å². The molecule has 7 heteroatoms. The van der Waals surface area contributed by atoms with Crippen molar-refractivity contribution in [2.75, 3.05) is 18.0 Å². The van der Waals surface area contributed by atoms with Gasteiger partial charge in [0.1, 0.15) is 5.82 Å². The molecule has 1 aromatic rings. The minimum Gasteiger partial charge on any atom is -0.356 e. The van der Waals surface area contributed by atoms with Gasteiger partial charge in [0, 0.05) is 31.4 Å². The van der Waals surface area contributed by atoms with Crippen molar-refractivity contribution >= 4 is 36.5 Å². The molecule has 1 amide bonds. The van der Waals surface area contributed by atoms with Crippen LogP contribution in [-0.2, 0) is 4.79 Å². The molecule has 1 aliphatic carbocycles. The molecule has 0 radical (unpaired) electrons. The highest BCUT2D eigenvalue weighted by molar-refractivity contribution is 5.85. The molecule has 2 saturated heterocycles. The first-order valence-corrected chi connectivity index (χ1v) is 9.52. The topological polar surface area (TPSA) is 57.3 Å². The summed E-state index contributed by atoms with van der Waals surface area (Å²) in [5, 5.41) is 6.88. The molecular formula is C19H30Cl2N4O. The maximum absolute atomic E-state index is 12.6. The van der Waals surface area contributed by atoms with Gasteiger partial charge >= 0.3 is 0 Å². The van der Waals surface area contributed by atoms with Crippen molar-refractivity contribution < 1.29 is 4.79 Å². The van der Waals surface area contributed by atoms with Crippen LogP contribution in [0.15, 0.2) is 24.4 Å². The molecule has 2 N–H and O–H groups in total. The number of amides is 1. The summed E-state index contributed by atoms with van der Waals surface area (Å²) in [6.45, 7) is 1.93. The number of rotatable bonds is 3. The highest BCUT2D eigenvalue weighted by Gasteiger charge is 2.38. The van der Waals surface area contributed by atoms with Crippen molar-refractivity contribution in [3.8, 4) is 0 Å². The van der Waals surface area contributed by atoms with Crippen LogP contribution in [0.2, 0.25) is 0 Å². The lowest BCUT2D eigenvalue weighted by Gasteiger charge is -2.33. The van der Waals surface area contributed by atoms with Crippen molar-refractivity contribution in [3.63, 3.8) is 0 Å². The van der Waals surface area contributed by atoms with E-state index in [4.69, 9.17) is 0 Å². The number of carbonyl (C=O) groups excluding carboxylic acids is 1. The molecule has 3 fully saturated rings. The van der Waals surface area contributed by atoms with Crippen LogP contribution in [0, 0.1) is 5.92 Å². The van der Waals surface area contributed by atoms with Gasteiger partial charge in [0.2, 0.25) is 5.91 Å². The summed E-state index contributed by atoms with van der Waals surface area (Å²) in [4.78, 5) is 19.3. The van der Waals surface area contributed by atoms with Crippen LogP contribution >= 0.6 is 24.8 Å².